The topological polar surface area (TPSA) is 57.1 Å². The molecule has 3 rings (SSSR count). The number of likely N-dealkylation sites (tertiary alicyclic amines) is 1. The first-order valence-electron chi connectivity index (χ1n) is 9.57. The monoisotopic (exact) mass is 352 g/mol. The number of benzene rings is 1. The number of nitrogens with zero attached hydrogens (tertiary/aromatic N) is 3. The van der Waals surface area contributed by atoms with Crippen LogP contribution in [0, 0.1) is 19.3 Å². The Hall–Kier alpha value is -2.19. The van der Waals surface area contributed by atoms with E-state index in [2.05, 4.69) is 57.6 Å². The maximum Gasteiger partial charge on any atom is 0.220 e. The van der Waals surface area contributed by atoms with Gasteiger partial charge in [0.1, 0.15) is 0 Å². The van der Waals surface area contributed by atoms with E-state index in [0.29, 0.717) is 25.8 Å². The minimum absolute atomic E-state index is 0.0682. The van der Waals surface area contributed by atoms with Gasteiger partial charge in [0.25, 0.3) is 0 Å². The minimum Gasteiger partial charge on any atom is -0.354 e. The van der Waals surface area contributed by atoms with Crippen LogP contribution in [0.1, 0.15) is 55.7 Å². The van der Waals surface area contributed by atoms with Gasteiger partial charge in [-0.3, -0.25) is 9.69 Å². The number of terminal acetylenes is 1. The molecule has 0 radical (unpaired) electrons. The Morgan fingerprint density at radius 2 is 1.96 bits per heavy atom. The zero-order valence-corrected chi connectivity index (χ0v) is 15.6. The van der Waals surface area contributed by atoms with Crippen molar-refractivity contribution in [3.8, 4) is 12.3 Å². The van der Waals surface area contributed by atoms with Gasteiger partial charge in [0.15, 0.2) is 5.66 Å². The summed E-state index contributed by atoms with van der Waals surface area (Å²) in [5, 5.41) is 11.3. The molecule has 2 aliphatic heterocycles. The highest BCUT2D eigenvalue weighted by molar-refractivity contribution is 5.76. The first kappa shape index (κ1) is 18.6. The summed E-state index contributed by atoms with van der Waals surface area (Å²) in [4.78, 5) is 14.8. The van der Waals surface area contributed by atoms with E-state index in [1.165, 1.54) is 24.0 Å². The standard InChI is InChI=1S/C21H28N4O/c1-3-4-12-21(23-24-21)13-11-20(26)22-16-19(25-14-5-6-15-25)18-9-7-17(2)8-10-18/h1,7-10,19H,4-6,11-16H2,2H3,(H,22,26). The zero-order chi connectivity index (χ0) is 18.4. The lowest BCUT2D eigenvalue weighted by Gasteiger charge is -2.28. The SMILES string of the molecule is C#CCCC1(CCC(=O)NCC(c2ccc(C)cc2)N2CCCC2)N=N1. The van der Waals surface area contributed by atoms with Crippen LogP contribution in [0.4, 0.5) is 0 Å². The number of amides is 1. The van der Waals surface area contributed by atoms with Crippen molar-refractivity contribution in [2.45, 2.75) is 57.2 Å². The van der Waals surface area contributed by atoms with E-state index in [-0.39, 0.29) is 17.6 Å². The van der Waals surface area contributed by atoms with E-state index in [4.69, 9.17) is 6.42 Å². The molecule has 0 aromatic heterocycles. The number of aryl methyl sites for hydroxylation is 1. The van der Waals surface area contributed by atoms with Crippen LogP contribution in [0.5, 0.6) is 0 Å². The van der Waals surface area contributed by atoms with E-state index in [9.17, 15) is 4.79 Å². The van der Waals surface area contributed by atoms with Crippen molar-refractivity contribution in [3.05, 3.63) is 35.4 Å². The van der Waals surface area contributed by atoms with Crippen LogP contribution in [0.15, 0.2) is 34.5 Å². The van der Waals surface area contributed by atoms with Crippen LogP contribution in [-0.2, 0) is 4.79 Å². The molecular formula is C21H28N4O. The Labute approximate surface area is 156 Å². The fourth-order valence-corrected chi connectivity index (χ4v) is 3.58. The fraction of sp³-hybridized carbons (Fsp3) is 0.571. The van der Waals surface area contributed by atoms with E-state index >= 15 is 0 Å². The highest BCUT2D eigenvalue weighted by atomic mass is 16.1. The molecule has 138 valence electrons. The third-order valence-corrected chi connectivity index (χ3v) is 5.34. The molecule has 1 saturated heterocycles. The van der Waals surface area contributed by atoms with Crippen LogP contribution in [0.25, 0.3) is 0 Å². The van der Waals surface area contributed by atoms with Gasteiger partial charge in [-0.15, -0.1) is 12.3 Å². The molecule has 1 fully saturated rings. The Balaban J connectivity index is 1.51. The van der Waals surface area contributed by atoms with Crippen LogP contribution in [0.2, 0.25) is 0 Å². The van der Waals surface area contributed by atoms with Gasteiger partial charge >= 0.3 is 0 Å². The molecule has 0 spiro atoms. The molecule has 0 bridgehead atoms. The van der Waals surface area contributed by atoms with Crippen molar-refractivity contribution >= 4 is 5.91 Å². The van der Waals surface area contributed by atoms with Gasteiger partial charge < -0.3 is 5.32 Å². The summed E-state index contributed by atoms with van der Waals surface area (Å²) in [6.07, 6.45) is 10.3. The summed E-state index contributed by atoms with van der Waals surface area (Å²) in [5.74, 6) is 2.69. The Morgan fingerprint density at radius 1 is 1.27 bits per heavy atom. The molecule has 0 saturated carbocycles. The van der Waals surface area contributed by atoms with Crippen molar-refractivity contribution in [1.82, 2.24) is 10.2 Å². The lowest BCUT2D eigenvalue weighted by atomic mass is 10.0. The quantitative estimate of drug-likeness (QED) is 0.690. The predicted octanol–water partition coefficient (Wildman–Crippen LogP) is 3.60. The summed E-state index contributed by atoms with van der Waals surface area (Å²) in [6.45, 7) is 4.94. The van der Waals surface area contributed by atoms with Gasteiger partial charge in [-0.2, -0.15) is 10.2 Å². The maximum absolute atomic E-state index is 12.3. The molecule has 5 nitrogen and oxygen atoms in total. The lowest BCUT2D eigenvalue weighted by molar-refractivity contribution is -0.121. The summed E-state index contributed by atoms with van der Waals surface area (Å²) in [7, 11) is 0. The zero-order valence-electron chi connectivity index (χ0n) is 15.6. The van der Waals surface area contributed by atoms with Gasteiger partial charge in [-0.1, -0.05) is 29.8 Å². The molecule has 2 aliphatic rings. The molecule has 1 atom stereocenters. The predicted molar refractivity (Wildman–Crippen MR) is 103 cm³/mol. The smallest absolute Gasteiger partial charge is 0.220 e. The Bertz CT molecular complexity index is 677. The third-order valence-electron chi connectivity index (χ3n) is 5.34. The third kappa shape index (κ3) is 4.92. The normalized spacial score (nSPS) is 19.1. The molecule has 1 unspecified atom stereocenters. The van der Waals surface area contributed by atoms with Crippen LogP contribution >= 0.6 is 0 Å². The molecule has 1 aromatic rings. The molecule has 26 heavy (non-hydrogen) atoms. The van der Waals surface area contributed by atoms with Gasteiger partial charge in [0, 0.05) is 32.2 Å². The van der Waals surface area contributed by atoms with E-state index in [0.717, 1.165) is 19.5 Å². The van der Waals surface area contributed by atoms with E-state index in [1.54, 1.807) is 0 Å². The summed E-state index contributed by atoms with van der Waals surface area (Å²) < 4.78 is 0. The average Bonchev–Trinajstić information content (AvgIpc) is 3.22. The second kappa shape index (κ2) is 8.46. The fourth-order valence-electron chi connectivity index (χ4n) is 3.58. The van der Waals surface area contributed by atoms with Crippen molar-refractivity contribution in [2.24, 2.45) is 10.2 Å². The summed E-state index contributed by atoms with van der Waals surface area (Å²) in [6, 6.07) is 8.90. The van der Waals surface area contributed by atoms with E-state index < -0.39 is 0 Å². The van der Waals surface area contributed by atoms with Crippen molar-refractivity contribution < 1.29 is 4.79 Å². The van der Waals surface area contributed by atoms with Crippen molar-refractivity contribution in [1.29, 1.82) is 0 Å². The van der Waals surface area contributed by atoms with Crippen LogP contribution in [-0.4, -0.2) is 36.1 Å². The number of nitrogens with one attached hydrogen (secondary N) is 1. The van der Waals surface area contributed by atoms with Crippen LogP contribution in [0.3, 0.4) is 0 Å². The number of carbonyl (C=O) groups is 1. The minimum atomic E-state index is -0.380. The van der Waals surface area contributed by atoms with E-state index in [1.807, 2.05) is 0 Å². The number of rotatable bonds is 9. The molecule has 1 amide bonds. The first-order chi connectivity index (χ1) is 12.6. The number of carbonyl (C=O) groups excluding carboxylic acids is 1. The molecule has 1 aromatic carbocycles. The molecule has 5 heteroatoms. The maximum atomic E-state index is 12.3. The first-order valence-corrected chi connectivity index (χ1v) is 9.57. The number of hydrogen-bond acceptors (Lipinski definition) is 4. The van der Waals surface area contributed by atoms with Gasteiger partial charge in [0.05, 0.1) is 6.04 Å². The van der Waals surface area contributed by atoms with Crippen LogP contribution < -0.4 is 5.32 Å². The molecule has 2 heterocycles. The van der Waals surface area contributed by atoms with Crippen molar-refractivity contribution in [3.63, 3.8) is 0 Å². The largest absolute Gasteiger partial charge is 0.354 e. The van der Waals surface area contributed by atoms with Gasteiger partial charge in [0.2, 0.25) is 5.91 Å². The molecular weight excluding hydrogens is 324 g/mol. The average molecular weight is 352 g/mol. The highest BCUT2D eigenvalue weighted by Crippen LogP contribution is 2.37. The lowest BCUT2D eigenvalue weighted by Crippen LogP contribution is -2.37. The van der Waals surface area contributed by atoms with Crippen molar-refractivity contribution in [2.75, 3.05) is 19.6 Å². The van der Waals surface area contributed by atoms with Gasteiger partial charge in [-0.25, -0.2) is 0 Å². The second-order valence-corrected chi connectivity index (χ2v) is 7.36. The second-order valence-electron chi connectivity index (χ2n) is 7.36. The summed E-state index contributed by atoms with van der Waals surface area (Å²) in [5.41, 5.74) is 2.15. The van der Waals surface area contributed by atoms with Gasteiger partial charge in [-0.05, 0) is 38.4 Å². The Morgan fingerprint density at radius 3 is 2.58 bits per heavy atom. The number of hydrogen-bond donors (Lipinski definition) is 1. The summed E-state index contributed by atoms with van der Waals surface area (Å²) >= 11 is 0. The Kier molecular flexibility index (Phi) is 6.05. The highest BCUT2D eigenvalue weighted by Gasteiger charge is 2.39. The molecule has 0 aliphatic carbocycles. The molecule has 1 N–H and O–H groups in total.